The Kier molecular flexibility index (Phi) is 3.92. The maximum Gasteiger partial charge on any atom is 0.196 e. The van der Waals surface area contributed by atoms with Crippen LogP contribution in [0.3, 0.4) is 0 Å². The first kappa shape index (κ1) is 14.1. The van der Waals surface area contributed by atoms with Crippen LogP contribution in [-0.4, -0.2) is 20.6 Å². The van der Waals surface area contributed by atoms with Crippen LogP contribution in [0.1, 0.15) is 30.7 Å². The summed E-state index contributed by atoms with van der Waals surface area (Å²) in [5.41, 5.74) is 5.63. The molecule has 2 heterocycles. The molecule has 0 unspecified atom stereocenters. The van der Waals surface area contributed by atoms with Gasteiger partial charge in [-0.2, -0.15) is 0 Å². The molecule has 1 aliphatic heterocycles. The lowest BCUT2D eigenvalue weighted by atomic mass is 10.2. The second-order valence-corrected chi connectivity index (χ2v) is 6.00. The number of amidine groups is 1. The lowest BCUT2D eigenvalue weighted by molar-refractivity contribution is 0.590. The molecule has 0 atom stereocenters. The van der Waals surface area contributed by atoms with Gasteiger partial charge in [-0.25, -0.2) is 4.39 Å². The number of benzene rings is 1. The van der Waals surface area contributed by atoms with E-state index in [-0.39, 0.29) is 11.4 Å². The number of nitrogens with zero attached hydrogens (tertiary/aromatic N) is 3. The Labute approximate surface area is 126 Å². The number of nitrogens with two attached hydrogens (primary N) is 1. The molecule has 0 bridgehead atoms. The van der Waals surface area contributed by atoms with Gasteiger partial charge in [0.15, 0.2) is 5.16 Å². The minimum Gasteiger partial charge on any atom is -0.384 e. The van der Waals surface area contributed by atoms with Crippen molar-refractivity contribution < 1.29 is 4.39 Å². The number of aryl methyl sites for hydroxylation is 1. The Morgan fingerprint density at radius 1 is 1.29 bits per heavy atom. The highest BCUT2D eigenvalue weighted by molar-refractivity contribution is 7.99. The van der Waals surface area contributed by atoms with Crippen LogP contribution >= 0.6 is 11.8 Å². The topological polar surface area (TPSA) is 80.6 Å². The summed E-state index contributed by atoms with van der Waals surface area (Å²) in [6.45, 7) is 0.884. The fourth-order valence-electron chi connectivity index (χ4n) is 2.48. The van der Waals surface area contributed by atoms with E-state index in [2.05, 4.69) is 14.8 Å². The quantitative estimate of drug-likeness (QED) is 0.674. The van der Waals surface area contributed by atoms with Crippen molar-refractivity contribution in [3.8, 4) is 0 Å². The smallest absolute Gasteiger partial charge is 0.196 e. The van der Waals surface area contributed by atoms with Gasteiger partial charge in [0.1, 0.15) is 17.5 Å². The summed E-state index contributed by atoms with van der Waals surface area (Å²) in [4.78, 5) is 0.599. The molecule has 0 radical (unpaired) electrons. The molecular weight excluding hydrogens is 289 g/mol. The van der Waals surface area contributed by atoms with Crippen LogP contribution in [0.25, 0.3) is 0 Å². The van der Waals surface area contributed by atoms with Crippen LogP contribution in [0.15, 0.2) is 28.3 Å². The number of aromatic nitrogens is 3. The molecular formula is C14H16FN5S. The summed E-state index contributed by atoms with van der Waals surface area (Å²) in [5.74, 6) is 0.227. The Morgan fingerprint density at radius 2 is 2.14 bits per heavy atom. The lowest BCUT2D eigenvalue weighted by Gasteiger charge is -2.10. The zero-order valence-corrected chi connectivity index (χ0v) is 12.3. The fraction of sp³-hybridized carbons (Fsp3) is 0.357. The monoisotopic (exact) mass is 305 g/mol. The molecule has 0 amide bonds. The summed E-state index contributed by atoms with van der Waals surface area (Å²) in [6, 6.07) is 4.68. The molecule has 0 spiro atoms. The van der Waals surface area contributed by atoms with Gasteiger partial charge in [-0.1, -0.05) is 12.5 Å². The molecule has 0 fully saturated rings. The molecule has 1 aliphatic rings. The van der Waals surface area contributed by atoms with Gasteiger partial charge in [-0.05, 0) is 36.7 Å². The number of hydrogen-bond donors (Lipinski definition) is 2. The normalized spacial score (nSPS) is 14.5. The predicted molar refractivity (Wildman–Crippen MR) is 79.1 cm³/mol. The molecule has 7 heteroatoms. The molecule has 5 nitrogen and oxygen atoms in total. The molecule has 1 aromatic carbocycles. The number of fused-ring (bicyclic) bond motifs is 1. The summed E-state index contributed by atoms with van der Waals surface area (Å²) in [6.07, 6.45) is 4.34. The number of rotatable bonds is 3. The van der Waals surface area contributed by atoms with Gasteiger partial charge in [0.2, 0.25) is 0 Å². The highest BCUT2D eigenvalue weighted by atomic mass is 32.2. The average molecular weight is 305 g/mol. The summed E-state index contributed by atoms with van der Waals surface area (Å²) in [7, 11) is 0. The largest absolute Gasteiger partial charge is 0.384 e. The Morgan fingerprint density at radius 3 is 2.95 bits per heavy atom. The van der Waals surface area contributed by atoms with Crippen molar-refractivity contribution in [3.05, 3.63) is 35.4 Å². The van der Waals surface area contributed by atoms with E-state index in [0.717, 1.165) is 36.8 Å². The first-order valence-corrected chi connectivity index (χ1v) is 7.71. The number of nitrogens with one attached hydrogen (secondary N) is 1. The van der Waals surface area contributed by atoms with Crippen molar-refractivity contribution in [2.24, 2.45) is 5.73 Å². The maximum absolute atomic E-state index is 13.9. The standard InChI is InChI=1S/C14H16FN5S/c15-9-5-4-6-10(12(9)13(16)17)21-14-19-18-11-7-2-1-3-8-20(11)14/h4-6H,1-3,7-8H2,(H3,16,17). The van der Waals surface area contributed by atoms with E-state index in [1.165, 1.54) is 24.2 Å². The Balaban J connectivity index is 1.96. The minimum absolute atomic E-state index is 0.133. The van der Waals surface area contributed by atoms with Crippen LogP contribution in [0.5, 0.6) is 0 Å². The Bertz CT molecular complexity index is 682. The van der Waals surface area contributed by atoms with Crippen LogP contribution in [0.2, 0.25) is 0 Å². The average Bonchev–Trinajstić information content (AvgIpc) is 2.68. The van der Waals surface area contributed by atoms with Gasteiger partial charge in [0.25, 0.3) is 0 Å². The van der Waals surface area contributed by atoms with E-state index in [4.69, 9.17) is 11.1 Å². The molecule has 3 rings (SSSR count). The van der Waals surface area contributed by atoms with Gasteiger partial charge in [-0.15, -0.1) is 10.2 Å². The van der Waals surface area contributed by atoms with Crippen molar-refractivity contribution in [1.82, 2.24) is 14.8 Å². The van der Waals surface area contributed by atoms with Gasteiger partial charge >= 0.3 is 0 Å². The number of halogens is 1. The van der Waals surface area contributed by atoms with Gasteiger partial charge in [0, 0.05) is 17.9 Å². The lowest BCUT2D eigenvalue weighted by Crippen LogP contribution is -2.14. The van der Waals surface area contributed by atoms with Crippen molar-refractivity contribution in [3.63, 3.8) is 0 Å². The number of nitrogen functional groups attached to an aromatic ring is 1. The molecule has 0 aliphatic carbocycles. The third kappa shape index (κ3) is 2.78. The summed E-state index contributed by atoms with van der Waals surface area (Å²) in [5, 5.41) is 16.7. The molecule has 3 N–H and O–H groups in total. The molecule has 0 saturated heterocycles. The SMILES string of the molecule is N=C(N)c1c(F)cccc1Sc1nnc2n1CCCCC2. The van der Waals surface area contributed by atoms with E-state index in [1.807, 2.05) is 0 Å². The van der Waals surface area contributed by atoms with Crippen LogP contribution in [0, 0.1) is 11.2 Å². The second-order valence-electron chi connectivity index (χ2n) is 4.99. The minimum atomic E-state index is -0.483. The molecule has 110 valence electrons. The molecule has 21 heavy (non-hydrogen) atoms. The molecule has 0 saturated carbocycles. The third-order valence-electron chi connectivity index (χ3n) is 3.52. The number of hydrogen-bond acceptors (Lipinski definition) is 4. The predicted octanol–water partition coefficient (Wildman–Crippen LogP) is 2.58. The summed E-state index contributed by atoms with van der Waals surface area (Å²) >= 11 is 1.32. The molecule has 2 aromatic rings. The van der Waals surface area contributed by atoms with E-state index >= 15 is 0 Å². The highest BCUT2D eigenvalue weighted by Gasteiger charge is 2.18. The summed E-state index contributed by atoms with van der Waals surface area (Å²) < 4.78 is 15.9. The van der Waals surface area contributed by atoms with E-state index < -0.39 is 5.82 Å². The second kappa shape index (κ2) is 5.85. The van der Waals surface area contributed by atoms with Gasteiger partial charge in [-0.3, -0.25) is 5.41 Å². The van der Waals surface area contributed by atoms with Crippen LogP contribution in [0.4, 0.5) is 4.39 Å². The van der Waals surface area contributed by atoms with E-state index in [9.17, 15) is 4.39 Å². The zero-order chi connectivity index (χ0) is 14.8. The van der Waals surface area contributed by atoms with Crippen molar-refractivity contribution >= 4 is 17.6 Å². The first-order valence-electron chi connectivity index (χ1n) is 6.89. The Hall–Kier alpha value is -1.89. The van der Waals surface area contributed by atoms with Crippen LogP contribution < -0.4 is 5.73 Å². The zero-order valence-electron chi connectivity index (χ0n) is 11.5. The first-order chi connectivity index (χ1) is 10.2. The van der Waals surface area contributed by atoms with Crippen molar-refractivity contribution in [2.45, 2.75) is 42.3 Å². The maximum atomic E-state index is 13.9. The van der Waals surface area contributed by atoms with Crippen molar-refractivity contribution in [1.29, 1.82) is 5.41 Å². The van der Waals surface area contributed by atoms with E-state index in [1.54, 1.807) is 12.1 Å². The van der Waals surface area contributed by atoms with Crippen molar-refractivity contribution in [2.75, 3.05) is 0 Å². The van der Waals surface area contributed by atoms with Gasteiger partial charge < -0.3 is 10.3 Å². The van der Waals surface area contributed by atoms with E-state index in [0.29, 0.717) is 4.90 Å². The molecule has 1 aromatic heterocycles. The van der Waals surface area contributed by atoms with Gasteiger partial charge in [0.05, 0.1) is 5.56 Å². The fourth-order valence-corrected chi connectivity index (χ4v) is 3.52. The van der Waals surface area contributed by atoms with Crippen LogP contribution in [-0.2, 0) is 13.0 Å². The highest BCUT2D eigenvalue weighted by Crippen LogP contribution is 2.31. The third-order valence-corrected chi connectivity index (χ3v) is 4.57.